The van der Waals surface area contributed by atoms with Crippen molar-refractivity contribution in [2.45, 2.75) is 26.4 Å². The molecule has 0 atom stereocenters. The van der Waals surface area contributed by atoms with E-state index < -0.39 is 5.60 Å². The molecule has 3 heteroatoms. The Balaban J connectivity index is 3.60. The summed E-state index contributed by atoms with van der Waals surface area (Å²) in [6.45, 7) is 5.44. The average molecular weight is 131 g/mol. The van der Waals surface area contributed by atoms with Gasteiger partial charge in [-0.15, -0.1) is 7.05 Å². The first-order valence-corrected chi connectivity index (χ1v) is 2.81. The van der Waals surface area contributed by atoms with Crippen LogP contribution in [0, 0.1) is 7.05 Å². The maximum atomic E-state index is 10.5. The van der Waals surface area contributed by atoms with Gasteiger partial charge in [-0.2, -0.15) is 4.79 Å². The highest BCUT2D eigenvalue weighted by Crippen LogP contribution is 2.04. The molecule has 54 valence electrons. The first-order valence-electron chi connectivity index (χ1n) is 2.81. The quantitative estimate of drug-likeness (QED) is 0.480. The number of hydrogen-bond acceptors (Lipinski definition) is 2. The maximum Gasteiger partial charge on any atom is 0.486 e. The van der Waals surface area contributed by atoms with Crippen LogP contribution in [0.1, 0.15) is 20.8 Å². The minimum Gasteiger partial charge on any atom is -0.416 e. The van der Waals surface area contributed by atoms with Crippen molar-refractivity contribution >= 4 is 6.09 Å². The summed E-state index contributed by atoms with van der Waals surface area (Å²) in [6.07, 6.45) is -0.373. The number of amides is 1. The van der Waals surface area contributed by atoms with Gasteiger partial charge >= 0.3 is 6.09 Å². The van der Waals surface area contributed by atoms with Gasteiger partial charge in [-0.3, -0.25) is 0 Å². The minimum absolute atomic E-state index is 0.373. The van der Waals surface area contributed by atoms with Gasteiger partial charge in [-0.1, -0.05) is 0 Å². The average Bonchev–Trinajstić information content (AvgIpc) is 1.62. The Hall–Kier alpha value is -0.570. The summed E-state index contributed by atoms with van der Waals surface area (Å²) in [7, 11) is 3.27. The van der Waals surface area contributed by atoms with Gasteiger partial charge in [-0.25, -0.2) is 0 Å². The van der Waals surface area contributed by atoms with E-state index in [0.717, 1.165) is 5.32 Å². The Labute approximate surface area is 55.4 Å². The van der Waals surface area contributed by atoms with Gasteiger partial charge in [0.1, 0.15) is 5.60 Å². The molecule has 0 fully saturated rings. The van der Waals surface area contributed by atoms with Crippen LogP contribution in [0.5, 0.6) is 0 Å². The minimum atomic E-state index is -0.398. The third-order valence-corrected chi connectivity index (χ3v) is 0.573. The van der Waals surface area contributed by atoms with Crippen LogP contribution in [-0.4, -0.2) is 11.7 Å². The normalized spacial score (nSPS) is 11.1. The van der Waals surface area contributed by atoms with E-state index in [1.165, 1.54) is 0 Å². The fourth-order valence-corrected chi connectivity index (χ4v) is 0.343. The number of carbonyl (C=O) groups is 1. The van der Waals surface area contributed by atoms with Gasteiger partial charge in [0, 0.05) is 0 Å². The number of carbonyl (C=O) groups excluding carboxylic acids is 1. The monoisotopic (exact) mass is 131 g/mol. The van der Waals surface area contributed by atoms with E-state index in [-0.39, 0.29) is 6.09 Å². The highest BCUT2D eigenvalue weighted by molar-refractivity contribution is 5.55. The molecule has 0 aliphatic carbocycles. The second kappa shape index (κ2) is 2.82. The molecule has 0 aromatic rings. The Morgan fingerprint density at radius 2 is 2.00 bits per heavy atom. The Kier molecular flexibility index (Phi) is 2.65. The van der Waals surface area contributed by atoms with Gasteiger partial charge in [0.15, 0.2) is 0 Å². The summed E-state index contributed by atoms with van der Waals surface area (Å²) in [5.74, 6) is 0. The van der Waals surface area contributed by atoms with Crippen LogP contribution in [0.15, 0.2) is 0 Å². The standard InChI is InChI=1S/C6H13NO2/c1-6(2,3)9-5(8)7-4/h4,7H2,1-3H3. The topological polar surface area (TPSA) is 42.9 Å². The Morgan fingerprint density at radius 1 is 1.56 bits per heavy atom. The zero-order valence-corrected chi connectivity index (χ0v) is 6.10. The number of ether oxygens (including phenoxy) is 1. The number of rotatable bonds is 0. The number of nitrogens with two attached hydrogens (primary N) is 1. The smallest absolute Gasteiger partial charge is 0.416 e. The lowest BCUT2D eigenvalue weighted by atomic mass is 10.2. The van der Waals surface area contributed by atoms with Crippen LogP contribution in [0.3, 0.4) is 0 Å². The summed E-state index contributed by atoms with van der Waals surface area (Å²) in [4.78, 5) is 10.5. The van der Waals surface area contributed by atoms with Crippen molar-refractivity contribution in [1.29, 1.82) is 0 Å². The highest BCUT2D eigenvalue weighted by Gasteiger charge is 2.15. The van der Waals surface area contributed by atoms with Gasteiger partial charge < -0.3 is 10.1 Å². The van der Waals surface area contributed by atoms with Gasteiger partial charge in [0.2, 0.25) is 0 Å². The van der Waals surface area contributed by atoms with Crippen LogP contribution >= 0.6 is 0 Å². The molecule has 0 rings (SSSR count). The lowest BCUT2D eigenvalue weighted by Gasteiger charge is -2.17. The van der Waals surface area contributed by atoms with Crippen molar-refractivity contribution in [3.63, 3.8) is 0 Å². The van der Waals surface area contributed by atoms with Crippen molar-refractivity contribution in [3.8, 4) is 0 Å². The van der Waals surface area contributed by atoms with Gasteiger partial charge in [0.05, 0.1) is 0 Å². The lowest BCUT2D eigenvalue weighted by Crippen LogP contribution is -2.82. The number of hydrogen-bond donors (Lipinski definition) is 1. The second-order valence-corrected chi connectivity index (χ2v) is 2.74. The van der Waals surface area contributed by atoms with Crippen molar-refractivity contribution in [2.75, 3.05) is 0 Å². The molecule has 9 heavy (non-hydrogen) atoms. The van der Waals surface area contributed by atoms with Gasteiger partial charge in [0.25, 0.3) is 0 Å². The van der Waals surface area contributed by atoms with E-state index in [9.17, 15) is 4.79 Å². The molecule has 3 nitrogen and oxygen atoms in total. The molecule has 2 N–H and O–H groups in total. The van der Waals surface area contributed by atoms with E-state index in [4.69, 9.17) is 4.74 Å². The van der Waals surface area contributed by atoms with Crippen molar-refractivity contribution in [3.05, 3.63) is 7.05 Å². The molecule has 0 aromatic heterocycles. The van der Waals surface area contributed by atoms with Crippen molar-refractivity contribution in [1.82, 2.24) is 0 Å². The molecule has 0 spiro atoms. The molecule has 0 unspecified atom stereocenters. The highest BCUT2D eigenvalue weighted by atomic mass is 16.6. The van der Waals surface area contributed by atoms with E-state index in [0.29, 0.717) is 0 Å². The first kappa shape index (κ1) is 8.43. The van der Waals surface area contributed by atoms with Crippen LogP contribution < -0.4 is 5.32 Å². The summed E-state index contributed by atoms with van der Waals surface area (Å²) < 4.78 is 4.83. The van der Waals surface area contributed by atoms with Gasteiger partial charge in [-0.05, 0) is 20.8 Å². The molecule has 0 radical (unpaired) electrons. The molecule has 0 heterocycles. The summed E-state index contributed by atoms with van der Waals surface area (Å²) in [5.41, 5.74) is -0.398. The Bertz CT molecular complexity index is 104. The molecule has 0 saturated carbocycles. The molecule has 0 aliphatic rings. The summed E-state index contributed by atoms with van der Waals surface area (Å²) in [5, 5.41) is 1.16. The van der Waals surface area contributed by atoms with Crippen molar-refractivity contribution in [2.24, 2.45) is 0 Å². The van der Waals surface area contributed by atoms with E-state index in [1.54, 1.807) is 0 Å². The molecule has 0 aliphatic heterocycles. The van der Waals surface area contributed by atoms with E-state index >= 15 is 0 Å². The predicted octanol–water partition coefficient (Wildman–Crippen LogP) is 0.276. The van der Waals surface area contributed by atoms with Crippen molar-refractivity contribution < 1.29 is 14.8 Å². The SMILES string of the molecule is [CH2-][NH2+]C(=O)OC(C)(C)C. The largest absolute Gasteiger partial charge is 0.486 e. The van der Waals surface area contributed by atoms with Crippen LogP contribution in [-0.2, 0) is 4.74 Å². The number of primary amides is 1. The van der Waals surface area contributed by atoms with Crippen LogP contribution in [0.2, 0.25) is 0 Å². The Morgan fingerprint density at radius 3 is 2.11 bits per heavy atom. The third kappa shape index (κ3) is 5.30. The molecule has 0 bridgehead atoms. The third-order valence-electron chi connectivity index (χ3n) is 0.573. The summed E-state index contributed by atoms with van der Waals surface area (Å²) >= 11 is 0. The lowest BCUT2D eigenvalue weighted by molar-refractivity contribution is -0.510. The van der Waals surface area contributed by atoms with Crippen LogP contribution in [0.25, 0.3) is 0 Å². The van der Waals surface area contributed by atoms with Crippen LogP contribution in [0.4, 0.5) is 4.79 Å². The molecule has 0 saturated heterocycles. The molecule has 1 amide bonds. The van der Waals surface area contributed by atoms with E-state index in [2.05, 4.69) is 7.05 Å². The first-order chi connectivity index (χ1) is 3.95. The maximum absolute atomic E-state index is 10.5. The zero-order chi connectivity index (χ0) is 7.49. The molecular formula is C6H13NO2. The molecule has 0 aromatic carbocycles. The fourth-order valence-electron chi connectivity index (χ4n) is 0.343. The number of quaternary nitrogens is 1. The zero-order valence-electron chi connectivity index (χ0n) is 6.10. The molecular weight excluding hydrogens is 118 g/mol. The second-order valence-electron chi connectivity index (χ2n) is 2.74. The summed E-state index contributed by atoms with van der Waals surface area (Å²) in [6, 6.07) is 0. The fraction of sp³-hybridized carbons (Fsp3) is 0.667. The predicted molar refractivity (Wildman–Crippen MR) is 33.5 cm³/mol. The van der Waals surface area contributed by atoms with E-state index in [1.807, 2.05) is 20.8 Å².